The van der Waals surface area contributed by atoms with Gasteiger partial charge < -0.3 is 5.11 Å². The molecule has 0 aliphatic rings. The van der Waals surface area contributed by atoms with E-state index in [9.17, 15) is 13.5 Å². The fraction of sp³-hybridized carbons (Fsp3) is 0.647. The quantitative estimate of drug-likeness (QED) is 0.626. The highest BCUT2D eigenvalue weighted by Gasteiger charge is 2.30. The Balaban J connectivity index is 2.90. The summed E-state index contributed by atoms with van der Waals surface area (Å²) in [5, 5.41) is 10.4. The van der Waals surface area contributed by atoms with Crippen LogP contribution in [0.1, 0.15) is 46.5 Å². The van der Waals surface area contributed by atoms with Crippen molar-refractivity contribution in [3.8, 4) is 0 Å². The van der Waals surface area contributed by atoms with E-state index in [2.05, 4.69) is 4.72 Å². The molecule has 0 heterocycles. The second kappa shape index (κ2) is 9.62. The minimum absolute atomic E-state index is 0.00832. The third-order valence-corrected chi connectivity index (χ3v) is 5.99. The summed E-state index contributed by atoms with van der Waals surface area (Å²) in [4.78, 5) is 0.205. The van der Waals surface area contributed by atoms with Crippen LogP contribution in [0.15, 0.2) is 35.2 Å². The molecule has 0 fully saturated rings. The molecule has 132 valence electrons. The smallest absolute Gasteiger partial charge is 0.240 e. The number of rotatable bonds is 10. The number of alkyl halides is 1. The van der Waals surface area contributed by atoms with Gasteiger partial charge in [-0.15, -0.1) is 11.6 Å². The van der Waals surface area contributed by atoms with Gasteiger partial charge in [0.05, 0.1) is 17.0 Å². The highest BCUT2D eigenvalue weighted by molar-refractivity contribution is 7.89. The Labute approximate surface area is 145 Å². The SMILES string of the molecule is CCCC(Cl)C[C@H](O)[C@@H](NS(=O)(=O)c1ccccc1)[C@@H](C)CC. The van der Waals surface area contributed by atoms with Crippen LogP contribution >= 0.6 is 11.6 Å². The van der Waals surface area contributed by atoms with Crippen LogP contribution in [0.25, 0.3) is 0 Å². The number of benzene rings is 1. The lowest BCUT2D eigenvalue weighted by molar-refractivity contribution is 0.101. The Kier molecular flexibility index (Phi) is 8.54. The zero-order valence-electron chi connectivity index (χ0n) is 14.1. The van der Waals surface area contributed by atoms with Crippen LogP contribution < -0.4 is 4.72 Å². The van der Waals surface area contributed by atoms with E-state index in [1.807, 2.05) is 20.8 Å². The average molecular weight is 362 g/mol. The first-order valence-electron chi connectivity index (χ1n) is 8.21. The molecule has 0 radical (unpaired) electrons. The molecular formula is C17H28ClNO3S. The number of nitrogens with one attached hydrogen (secondary N) is 1. The van der Waals surface area contributed by atoms with Crippen molar-refractivity contribution in [1.82, 2.24) is 4.72 Å². The molecule has 0 saturated carbocycles. The van der Waals surface area contributed by atoms with Crippen LogP contribution in [0, 0.1) is 5.92 Å². The Morgan fingerprint density at radius 2 is 1.83 bits per heavy atom. The number of hydrogen-bond acceptors (Lipinski definition) is 3. The van der Waals surface area contributed by atoms with Gasteiger partial charge in [-0.1, -0.05) is 51.8 Å². The van der Waals surface area contributed by atoms with Gasteiger partial charge in [0.1, 0.15) is 0 Å². The summed E-state index contributed by atoms with van der Waals surface area (Å²) < 4.78 is 27.7. The van der Waals surface area contributed by atoms with Crippen LogP contribution in [0.5, 0.6) is 0 Å². The molecule has 1 aromatic rings. The van der Waals surface area contributed by atoms with Gasteiger partial charge in [-0.25, -0.2) is 13.1 Å². The minimum Gasteiger partial charge on any atom is -0.391 e. The van der Waals surface area contributed by atoms with E-state index < -0.39 is 22.2 Å². The van der Waals surface area contributed by atoms with E-state index in [0.29, 0.717) is 6.42 Å². The Hall–Kier alpha value is -0.620. The van der Waals surface area contributed by atoms with Crippen molar-refractivity contribution in [1.29, 1.82) is 0 Å². The average Bonchev–Trinajstić information content (AvgIpc) is 2.52. The fourth-order valence-electron chi connectivity index (χ4n) is 2.51. The van der Waals surface area contributed by atoms with Crippen molar-refractivity contribution >= 4 is 21.6 Å². The summed E-state index contributed by atoms with van der Waals surface area (Å²) in [7, 11) is -3.66. The number of hydrogen-bond donors (Lipinski definition) is 2. The molecule has 4 atom stereocenters. The molecular weight excluding hydrogens is 334 g/mol. The van der Waals surface area contributed by atoms with Crippen molar-refractivity contribution in [3.05, 3.63) is 30.3 Å². The van der Waals surface area contributed by atoms with Crippen molar-refractivity contribution in [2.24, 2.45) is 5.92 Å². The molecule has 0 spiro atoms. The van der Waals surface area contributed by atoms with E-state index in [4.69, 9.17) is 11.6 Å². The topological polar surface area (TPSA) is 66.4 Å². The van der Waals surface area contributed by atoms with E-state index >= 15 is 0 Å². The largest absolute Gasteiger partial charge is 0.391 e. The molecule has 1 rings (SSSR count). The maximum Gasteiger partial charge on any atom is 0.240 e. The molecule has 0 bridgehead atoms. The predicted octanol–water partition coefficient (Wildman–Crippen LogP) is 3.54. The number of aliphatic hydroxyl groups excluding tert-OH is 1. The van der Waals surface area contributed by atoms with Crippen LogP contribution in [0.3, 0.4) is 0 Å². The van der Waals surface area contributed by atoms with Gasteiger partial charge in [-0.3, -0.25) is 0 Å². The maximum absolute atomic E-state index is 12.5. The third-order valence-electron chi connectivity index (χ3n) is 4.12. The van der Waals surface area contributed by atoms with E-state index in [1.165, 1.54) is 0 Å². The maximum atomic E-state index is 12.5. The summed E-state index contributed by atoms with van der Waals surface area (Å²) in [6, 6.07) is 7.66. The van der Waals surface area contributed by atoms with E-state index in [0.717, 1.165) is 19.3 Å². The Morgan fingerprint density at radius 3 is 2.35 bits per heavy atom. The highest BCUT2D eigenvalue weighted by atomic mass is 35.5. The molecule has 1 aromatic carbocycles. The van der Waals surface area contributed by atoms with Gasteiger partial charge in [-0.2, -0.15) is 0 Å². The van der Waals surface area contributed by atoms with Gasteiger partial charge in [-0.05, 0) is 30.9 Å². The summed E-state index contributed by atoms with van der Waals surface area (Å²) in [6.45, 7) is 5.95. The number of halogens is 1. The first-order chi connectivity index (χ1) is 10.8. The molecule has 0 aliphatic carbocycles. The lowest BCUT2D eigenvalue weighted by Gasteiger charge is -2.30. The third kappa shape index (κ3) is 6.42. The Bertz CT molecular complexity index is 550. The van der Waals surface area contributed by atoms with Gasteiger partial charge in [0.25, 0.3) is 0 Å². The van der Waals surface area contributed by atoms with E-state index in [-0.39, 0.29) is 16.2 Å². The summed E-state index contributed by atoms with van der Waals surface area (Å²) in [5.41, 5.74) is 0. The van der Waals surface area contributed by atoms with Crippen molar-refractivity contribution in [2.45, 2.75) is 68.9 Å². The van der Waals surface area contributed by atoms with Crippen molar-refractivity contribution in [2.75, 3.05) is 0 Å². The second-order valence-electron chi connectivity index (χ2n) is 6.03. The predicted molar refractivity (Wildman–Crippen MR) is 95.2 cm³/mol. The summed E-state index contributed by atoms with van der Waals surface area (Å²) in [5.74, 6) is 0.00832. The summed E-state index contributed by atoms with van der Waals surface area (Å²) in [6.07, 6.45) is 2.07. The Morgan fingerprint density at radius 1 is 1.22 bits per heavy atom. The molecule has 0 aliphatic heterocycles. The lowest BCUT2D eigenvalue weighted by Crippen LogP contribution is -2.48. The molecule has 6 heteroatoms. The molecule has 1 unspecified atom stereocenters. The van der Waals surface area contributed by atoms with Crippen molar-refractivity contribution < 1.29 is 13.5 Å². The molecule has 0 aromatic heterocycles. The monoisotopic (exact) mass is 361 g/mol. The first kappa shape index (κ1) is 20.4. The van der Waals surface area contributed by atoms with E-state index in [1.54, 1.807) is 30.3 Å². The molecule has 0 saturated heterocycles. The van der Waals surface area contributed by atoms with Crippen LogP contribution in [-0.4, -0.2) is 31.0 Å². The highest BCUT2D eigenvalue weighted by Crippen LogP contribution is 2.21. The van der Waals surface area contributed by atoms with Crippen LogP contribution in [0.4, 0.5) is 0 Å². The zero-order valence-corrected chi connectivity index (χ0v) is 15.6. The van der Waals surface area contributed by atoms with Gasteiger partial charge in [0.15, 0.2) is 0 Å². The molecule has 2 N–H and O–H groups in total. The molecule has 23 heavy (non-hydrogen) atoms. The number of sulfonamides is 1. The summed E-state index contributed by atoms with van der Waals surface area (Å²) >= 11 is 6.22. The first-order valence-corrected chi connectivity index (χ1v) is 10.1. The van der Waals surface area contributed by atoms with Crippen LogP contribution in [0.2, 0.25) is 0 Å². The second-order valence-corrected chi connectivity index (χ2v) is 8.37. The lowest BCUT2D eigenvalue weighted by atomic mass is 9.92. The standard InChI is InChI=1S/C17H28ClNO3S/c1-4-9-14(18)12-16(20)17(13(3)5-2)19-23(21,22)15-10-7-6-8-11-15/h6-8,10-11,13-14,16-17,19-20H,4-5,9,12H2,1-3H3/t13-,14?,16-,17-/m0/s1. The van der Waals surface area contributed by atoms with Crippen LogP contribution in [-0.2, 0) is 10.0 Å². The fourth-order valence-corrected chi connectivity index (χ4v) is 4.31. The number of aliphatic hydroxyl groups is 1. The minimum atomic E-state index is -3.66. The molecule has 0 amide bonds. The molecule has 4 nitrogen and oxygen atoms in total. The van der Waals surface area contributed by atoms with Gasteiger partial charge in [0, 0.05) is 5.38 Å². The van der Waals surface area contributed by atoms with Crippen molar-refractivity contribution in [3.63, 3.8) is 0 Å². The van der Waals surface area contributed by atoms with Gasteiger partial charge in [0.2, 0.25) is 10.0 Å². The van der Waals surface area contributed by atoms with Gasteiger partial charge >= 0.3 is 0 Å². The normalized spacial score (nSPS) is 17.4. The zero-order chi connectivity index (χ0) is 17.5.